The first-order valence-corrected chi connectivity index (χ1v) is 3.64. The minimum Gasteiger partial charge on any atom is -0.423 e. The topological polar surface area (TPSA) is 57.5 Å². The van der Waals surface area contributed by atoms with Gasteiger partial charge in [0.05, 0.1) is 0 Å². The highest BCUT2D eigenvalue weighted by molar-refractivity contribution is 6.58. The molecular weight excluding hydrogens is 193 g/mol. The SMILES string of the molecule is C=O.OB(O)c1ccc(C(F)F)cc1. The van der Waals surface area contributed by atoms with Gasteiger partial charge in [-0.2, -0.15) is 0 Å². The third kappa shape index (κ3) is 3.63. The van der Waals surface area contributed by atoms with Gasteiger partial charge in [-0.25, -0.2) is 8.78 Å². The molecule has 0 bridgehead atoms. The van der Waals surface area contributed by atoms with Crippen LogP contribution in [-0.4, -0.2) is 24.0 Å². The van der Waals surface area contributed by atoms with E-state index >= 15 is 0 Å². The summed E-state index contributed by atoms with van der Waals surface area (Å²) in [5, 5.41) is 17.2. The highest BCUT2D eigenvalue weighted by Crippen LogP contribution is 2.16. The summed E-state index contributed by atoms with van der Waals surface area (Å²) in [6.45, 7) is 2.00. The van der Waals surface area contributed by atoms with E-state index in [1.54, 1.807) is 0 Å². The van der Waals surface area contributed by atoms with Crippen LogP contribution in [0.3, 0.4) is 0 Å². The van der Waals surface area contributed by atoms with Crippen LogP contribution in [0.15, 0.2) is 24.3 Å². The lowest BCUT2D eigenvalue weighted by Crippen LogP contribution is -2.29. The van der Waals surface area contributed by atoms with E-state index in [0.717, 1.165) is 0 Å². The van der Waals surface area contributed by atoms with Crippen LogP contribution in [0.2, 0.25) is 0 Å². The summed E-state index contributed by atoms with van der Waals surface area (Å²) in [6.07, 6.45) is -2.52. The summed E-state index contributed by atoms with van der Waals surface area (Å²) in [6, 6.07) is 4.84. The van der Waals surface area contributed by atoms with Crippen LogP contribution in [0.1, 0.15) is 12.0 Å². The zero-order valence-corrected chi connectivity index (χ0v) is 7.23. The van der Waals surface area contributed by atoms with E-state index in [-0.39, 0.29) is 11.0 Å². The first-order chi connectivity index (χ1) is 6.61. The molecule has 0 spiro atoms. The molecule has 0 fully saturated rings. The van der Waals surface area contributed by atoms with Crippen LogP contribution in [0.4, 0.5) is 8.78 Å². The molecule has 0 aromatic heterocycles. The van der Waals surface area contributed by atoms with Crippen LogP contribution in [-0.2, 0) is 4.79 Å². The fourth-order valence-corrected chi connectivity index (χ4v) is 0.814. The van der Waals surface area contributed by atoms with Gasteiger partial charge in [-0.15, -0.1) is 0 Å². The number of carbonyl (C=O) groups is 1. The van der Waals surface area contributed by atoms with Crippen molar-refractivity contribution in [2.45, 2.75) is 6.43 Å². The Balaban J connectivity index is 0.000000791. The third-order valence-corrected chi connectivity index (χ3v) is 1.49. The van der Waals surface area contributed by atoms with Gasteiger partial charge >= 0.3 is 7.12 Å². The Morgan fingerprint density at radius 3 is 1.86 bits per heavy atom. The molecule has 2 N–H and O–H groups in total. The smallest absolute Gasteiger partial charge is 0.423 e. The standard InChI is InChI=1S/C7H7BF2O2.CH2O/c9-7(10)5-1-3-6(4-2-5)8(11)12;1-2/h1-4,7,11-12H;1H2. The normalized spacial score (nSPS) is 9.21. The molecular formula is C8H9BF2O3. The highest BCUT2D eigenvalue weighted by Gasteiger charge is 2.12. The van der Waals surface area contributed by atoms with Crippen molar-refractivity contribution in [1.29, 1.82) is 0 Å². The molecule has 76 valence electrons. The second kappa shape index (κ2) is 6.23. The maximum Gasteiger partial charge on any atom is 0.488 e. The molecule has 0 unspecified atom stereocenters. The van der Waals surface area contributed by atoms with Crippen molar-refractivity contribution in [3.63, 3.8) is 0 Å². The Kier molecular flexibility index (Phi) is 5.67. The molecule has 0 saturated heterocycles. The van der Waals surface area contributed by atoms with Crippen molar-refractivity contribution >= 4 is 19.4 Å². The monoisotopic (exact) mass is 202 g/mol. The molecule has 0 heterocycles. The zero-order valence-electron chi connectivity index (χ0n) is 7.23. The van der Waals surface area contributed by atoms with E-state index in [1.165, 1.54) is 24.3 Å². The van der Waals surface area contributed by atoms with Crippen LogP contribution in [0.25, 0.3) is 0 Å². The molecule has 3 nitrogen and oxygen atoms in total. The fourth-order valence-electron chi connectivity index (χ4n) is 0.814. The number of rotatable bonds is 2. The maximum atomic E-state index is 12.0. The molecule has 6 heteroatoms. The predicted molar refractivity (Wildman–Crippen MR) is 48.3 cm³/mol. The maximum absolute atomic E-state index is 12.0. The lowest BCUT2D eigenvalue weighted by molar-refractivity contribution is -0.0979. The summed E-state index contributed by atoms with van der Waals surface area (Å²) < 4.78 is 23.9. The van der Waals surface area contributed by atoms with Crippen LogP contribution in [0.5, 0.6) is 0 Å². The van der Waals surface area contributed by atoms with Gasteiger partial charge in [-0.1, -0.05) is 24.3 Å². The molecule has 14 heavy (non-hydrogen) atoms. The van der Waals surface area contributed by atoms with E-state index in [4.69, 9.17) is 14.8 Å². The average molecular weight is 202 g/mol. The van der Waals surface area contributed by atoms with Crippen molar-refractivity contribution in [2.75, 3.05) is 0 Å². The van der Waals surface area contributed by atoms with Crippen molar-refractivity contribution in [3.05, 3.63) is 29.8 Å². The Morgan fingerprint density at radius 1 is 1.14 bits per heavy atom. The van der Waals surface area contributed by atoms with E-state index in [9.17, 15) is 8.78 Å². The lowest BCUT2D eigenvalue weighted by Gasteiger charge is -2.01. The summed E-state index contributed by atoms with van der Waals surface area (Å²) in [7, 11) is -1.60. The van der Waals surface area contributed by atoms with E-state index < -0.39 is 13.5 Å². The van der Waals surface area contributed by atoms with Gasteiger partial charge in [0.1, 0.15) is 6.79 Å². The van der Waals surface area contributed by atoms with Gasteiger partial charge in [0, 0.05) is 5.56 Å². The van der Waals surface area contributed by atoms with Gasteiger partial charge in [0.15, 0.2) is 0 Å². The van der Waals surface area contributed by atoms with E-state index in [1.807, 2.05) is 6.79 Å². The molecule has 1 rings (SSSR count). The van der Waals surface area contributed by atoms with Gasteiger partial charge in [0.2, 0.25) is 0 Å². The number of benzene rings is 1. The number of carbonyl (C=O) groups excluding carboxylic acids is 1. The molecule has 0 aliphatic carbocycles. The van der Waals surface area contributed by atoms with E-state index in [2.05, 4.69) is 0 Å². The molecule has 0 radical (unpaired) electrons. The second-order valence-electron chi connectivity index (χ2n) is 2.34. The molecule has 0 saturated carbocycles. The molecule has 0 amide bonds. The van der Waals surface area contributed by atoms with Crippen molar-refractivity contribution in [2.24, 2.45) is 0 Å². The summed E-state index contributed by atoms with van der Waals surface area (Å²) in [4.78, 5) is 8.00. The van der Waals surface area contributed by atoms with Crippen molar-refractivity contribution in [1.82, 2.24) is 0 Å². The lowest BCUT2D eigenvalue weighted by atomic mass is 9.80. The largest absolute Gasteiger partial charge is 0.488 e. The summed E-state index contributed by atoms with van der Waals surface area (Å²) in [5.41, 5.74) is 0.0822. The van der Waals surface area contributed by atoms with Gasteiger partial charge in [-0.3, -0.25) is 0 Å². The molecule has 0 aliphatic rings. The average Bonchev–Trinajstić information content (AvgIpc) is 2.21. The van der Waals surface area contributed by atoms with Gasteiger partial charge in [0.25, 0.3) is 6.43 Å². The van der Waals surface area contributed by atoms with Crippen molar-refractivity contribution in [3.8, 4) is 0 Å². The molecule has 1 aromatic carbocycles. The minimum atomic E-state index is -2.52. The second-order valence-corrected chi connectivity index (χ2v) is 2.34. The first kappa shape index (κ1) is 12.7. The quantitative estimate of drug-likeness (QED) is 0.669. The highest BCUT2D eigenvalue weighted by atomic mass is 19.3. The third-order valence-electron chi connectivity index (χ3n) is 1.49. The number of alkyl halides is 2. The molecule has 0 aliphatic heterocycles. The molecule has 1 aromatic rings. The summed E-state index contributed by atoms with van der Waals surface area (Å²) >= 11 is 0. The number of halogens is 2. The summed E-state index contributed by atoms with van der Waals surface area (Å²) in [5.74, 6) is 0. The Morgan fingerprint density at radius 2 is 1.57 bits per heavy atom. The van der Waals surface area contributed by atoms with Gasteiger partial charge < -0.3 is 14.8 Å². The minimum absolute atomic E-state index is 0.126. The van der Waals surface area contributed by atoms with E-state index in [0.29, 0.717) is 0 Å². The van der Waals surface area contributed by atoms with Crippen LogP contribution >= 0.6 is 0 Å². The Hall–Kier alpha value is -1.27. The molecule has 0 atom stereocenters. The number of hydrogen-bond donors (Lipinski definition) is 2. The number of hydrogen-bond acceptors (Lipinski definition) is 3. The predicted octanol–water partition coefficient (Wildman–Crippen LogP) is 0.119. The van der Waals surface area contributed by atoms with Crippen LogP contribution < -0.4 is 5.46 Å². The van der Waals surface area contributed by atoms with Gasteiger partial charge in [-0.05, 0) is 5.46 Å². The van der Waals surface area contributed by atoms with Crippen molar-refractivity contribution < 1.29 is 23.6 Å². The zero-order chi connectivity index (χ0) is 11.1. The first-order valence-electron chi connectivity index (χ1n) is 3.64. The van der Waals surface area contributed by atoms with Crippen LogP contribution in [0, 0.1) is 0 Å². The Labute approximate surface area is 80.1 Å². The fraction of sp³-hybridized carbons (Fsp3) is 0.125. The Bertz CT molecular complexity index is 237.